The Bertz CT molecular complexity index is 1130. The van der Waals surface area contributed by atoms with Crippen molar-refractivity contribution in [1.82, 2.24) is 24.1 Å². The topological polar surface area (TPSA) is 102 Å². The highest BCUT2D eigenvalue weighted by molar-refractivity contribution is 7.92. The van der Waals surface area contributed by atoms with E-state index in [-0.39, 0.29) is 21.5 Å². The van der Waals surface area contributed by atoms with Crippen LogP contribution in [-0.2, 0) is 17.1 Å². The molecule has 0 bridgehead atoms. The minimum absolute atomic E-state index is 0.0849. The first-order valence-corrected chi connectivity index (χ1v) is 9.07. The SMILES string of the molecule is Cc1nc2nc(S(=O)(=O)N(C)c3c(Cl)cccc3Cl)nn2c(=O)n1C. The molecule has 0 fully saturated rings. The van der Waals surface area contributed by atoms with Gasteiger partial charge in [0.2, 0.25) is 0 Å². The molecule has 0 saturated heterocycles. The largest absolute Gasteiger partial charge is 0.353 e. The molecule has 1 aromatic carbocycles. The molecule has 25 heavy (non-hydrogen) atoms. The Balaban J connectivity index is 2.20. The molecule has 3 rings (SSSR count). The van der Waals surface area contributed by atoms with Gasteiger partial charge in [0.15, 0.2) is 0 Å². The van der Waals surface area contributed by atoms with E-state index < -0.39 is 20.9 Å². The minimum atomic E-state index is -4.21. The van der Waals surface area contributed by atoms with Gasteiger partial charge >= 0.3 is 15.7 Å². The highest BCUT2D eigenvalue weighted by Crippen LogP contribution is 2.35. The number of para-hydroxylation sites is 1. The van der Waals surface area contributed by atoms with Crippen LogP contribution in [0.4, 0.5) is 5.69 Å². The van der Waals surface area contributed by atoms with Gasteiger partial charge in [-0.15, -0.1) is 9.61 Å². The van der Waals surface area contributed by atoms with Crippen molar-refractivity contribution in [2.75, 3.05) is 11.4 Å². The van der Waals surface area contributed by atoms with Crippen molar-refractivity contribution < 1.29 is 8.42 Å². The Morgan fingerprint density at radius 2 is 1.76 bits per heavy atom. The maximum atomic E-state index is 12.8. The Hall–Kier alpha value is -2.17. The molecule has 0 atom stereocenters. The molecule has 0 amide bonds. The van der Waals surface area contributed by atoms with Gasteiger partial charge in [-0.3, -0.25) is 8.87 Å². The molecule has 2 aromatic heterocycles. The number of nitrogens with zero attached hydrogens (tertiary/aromatic N) is 6. The zero-order chi connectivity index (χ0) is 18.5. The number of hydrogen-bond acceptors (Lipinski definition) is 6. The van der Waals surface area contributed by atoms with Crippen molar-refractivity contribution in [2.24, 2.45) is 7.05 Å². The van der Waals surface area contributed by atoms with Crippen LogP contribution in [0.2, 0.25) is 10.0 Å². The Morgan fingerprint density at radius 1 is 1.16 bits per heavy atom. The standard InChI is InChI=1S/C13H12Cl2N6O3S/c1-7-16-11-17-12(18-21(11)13(22)19(7)2)25(23,24)20(3)10-8(14)5-4-6-9(10)15/h4-6H,1-3H3. The first-order chi connectivity index (χ1) is 11.6. The number of aryl methyl sites for hydroxylation is 1. The van der Waals surface area contributed by atoms with Crippen LogP contribution in [0.5, 0.6) is 0 Å². The van der Waals surface area contributed by atoms with Crippen LogP contribution in [0, 0.1) is 6.92 Å². The van der Waals surface area contributed by atoms with Gasteiger partial charge in [-0.2, -0.15) is 18.4 Å². The molecule has 0 aliphatic rings. The second-order valence-corrected chi connectivity index (χ2v) is 7.83. The number of aromatic nitrogens is 5. The lowest BCUT2D eigenvalue weighted by atomic mass is 10.3. The van der Waals surface area contributed by atoms with E-state index in [1.807, 2.05) is 0 Å². The van der Waals surface area contributed by atoms with Gasteiger partial charge in [-0.05, 0) is 19.1 Å². The van der Waals surface area contributed by atoms with E-state index in [9.17, 15) is 13.2 Å². The Labute approximate surface area is 152 Å². The summed E-state index contributed by atoms with van der Waals surface area (Å²) in [5, 5.41) is 3.49. The molecule has 0 unspecified atom stereocenters. The van der Waals surface area contributed by atoms with Crippen molar-refractivity contribution in [3.05, 3.63) is 44.6 Å². The zero-order valence-electron chi connectivity index (χ0n) is 13.3. The average molecular weight is 403 g/mol. The van der Waals surface area contributed by atoms with Crippen LogP contribution in [0.25, 0.3) is 5.78 Å². The molecule has 0 aliphatic carbocycles. The minimum Gasteiger partial charge on any atom is -0.283 e. The summed E-state index contributed by atoms with van der Waals surface area (Å²) >= 11 is 12.1. The fraction of sp³-hybridized carbons (Fsp3) is 0.231. The van der Waals surface area contributed by atoms with E-state index in [4.69, 9.17) is 23.2 Å². The van der Waals surface area contributed by atoms with Gasteiger partial charge < -0.3 is 0 Å². The molecule has 0 saturated carbocycles. The Morgan fingerprint density at radius 3 is 2.36 bits per heavy atom. The number of benzene rings is 1. The summed E-state index contributed by atoms with van der Waals surface area (Å²) in [4.78, 5) is 20.1. The zero-order valence-corrected chi connectivity index (χ0v) is 15.6. The summed E-state index contributed by atoms with van der Waals surface area (Å²) in [5.41, 5.74) is -0.475. The number of hydrogen-bond donors (Lipinski definition) is 0. The second-order valence-electron chi connectivity index (χ2n) is 5.15. The molecule has 2 heterocycles. The van der Waals surface area contributed by atoms with Gasteiger partial charge in [0.05, 0.1) is 15.7 Å². The van der Waals surface area contributed by atoms with E-state index in [2.05, 4.69) is 15.1 Å². The lowest BCUT2D eigenvalue weighted by Gasteiger charge is -2.19. The number of fused-ring (bicyclic) bond motifs is 1. The predicted molar refractivity (Wildman–Crippen MR) is 92.8 cm³/mol. The third-order valence-corrected chi connectivity index (χ3v) is 5.78. The maximum Gasteiger partial charge on any atom is 0.353 e. The molecular formula is C13H12Cl2N6O3S. The normalized spacial score (nSPS) is 11.9. The molecule has 3 aromatic rings. The van der Waals surface area contributed by atoms with Crippen molar-refractivity contribution in [2.45, 2.75) is 12.1 Å². The highest BCUT2D eigenvalue weighted by atomic mass is 35.5. The summed E-state index contributed by atoms with van der Waals surface area (Å²) in [6.45, 7) is 1.60. The highest BCUT2D eigenvalue weighted by Gasteiger charge is 2.30. The molecule has 0 spiro atoms. The summed E-state index contributed by atoms with van der Waals surface area (Å²) in [6.07, 6.45) is 0. The fourth-order valence-electron chi connectivity index (χ4n) is 2.13. The van der Waals surface area contributed by atoms with Crippen molar-refractivity contribution in [3.8, 4) is 0 Å². The number of anilines is 1. The van der Waals surface area contributed by atoms with E-state index in [0.717, 1.165) is 8.82 Å². The number of rotatable bonds is 3. The fourth-order valence-corrected chi connectivity index (χ4v) is 3.94. The number of sulfonamides is 1. The molecule has 132 valence electrons. The molecular weight excluding hydrogens is 391 g/mol. The first kappa shape index (κ1) is 17.6. The van der Waals surface area contributed by atoms with E-state index >= 15 is 0 Å². The lowest BCUT2D eigenvalue weighted by molar-refractivity contribution is 0.583. The van der Waals surface area contributed by atoms with Crippen LogP contribution in [0.15, 0.2) is 28.2 Å². The van der Waals surface area contributed by atoms with Crippen LogP contribution in [0.1, 0.15) is 5.82 Å². The quantitative estimate of drug-likeness (QED) is 0.653. The molecule has 12 heteroatoms. The lowest BCUT2D eigenvalue weighted by Crippen LogP contribution is -2.29. The monoisotopic (exact) mass is 402 g/mol. The van der Waals surface area contributed by atoms with Gasteiger partial charge in [0.1, 0.15) is 5.82 Å². The smallest absolute Gasteiger partial charge is 0.283 e. The van der Waals surface area contributed by atoms with Crippen molar-refractivity contribution in [1.29, 1.82) is 0 Å². The van der Waals surface area contributed by atoms with Crippen LogP contribution in [0.3, 0.4) is 0 Å². The average Bonchev–Trinajstić information content (AvgIpc) is 2.97. The predicted octanol–water partition coefficient (Wildman–Crippen LogP) is 1.26. The second kappa shape index (κ2) is 5.97. The van der Waals surface area contributed by atoms with Crippen LogP contribution in [-0.4, -0.2) is 39.6 Å². The van der Waals surface area contributed by atoms with E-state index in [0.29, 0.717) is 5.82 Å². The van der Waals surface area contributed by atoms with Gasteiger partial charge in [0, 0.05) is 14.1 Å². The summed E-state index contributed by atoms with van der Waals surface area (Å²) in [6, 6.07) is 4.60. The van der Waals surface area contributed by atoms with Crippen molar-refractivity contribution in [3.63, 3.8) is 0 Å². The summed E-state index contributed by atoms with van der Waals surface area (Å²) in [7, 11) is -1.44. The van der Waals surface area contributed by atoms with Gasteiger partial charge in [-0.25, -0.2) is 4.79 Å². The number of halogens is 2. The summed E-state index contributed by atoms with van der Waals surface area (Å²) in [5.74, 6) is 0.259. The van der Waals surface area contributed by atoms with Crippen molar-refractivity contribution >= 4 is 44.7 Å². The maximum absolute atomic E-state index is 12.8. The third-order valence-electron chi connectivity index (χ3n) is 3.63. The molecule has 0 radical (unpaired) electrons. The molecule has 0 aliphatic heterocycles. The van der Waals surface area contributed by atoms with E-state index in [1.165, 1.54) is 30.8 Å². The summed E-state index contributed by atoms with van der Waals surface area (Å²) < 4.78 is 28.6. The third kappa shape index (κ3) is 2.75. The first-order valence-electron chi connectivity index (χ1n) is 6.88. The molecule has 0 N–H and O–H groups in total. The molecule has 9 nitrogen and oxygen atoms in total. The van der Waals surface area contributed by atoms with E-state index in [1.54, 1.807) is 13.0 Å². The van der Waals surface area contributed by atoms with Gasteiger partial charge in [0.25, 0.3) is 10.9 Å². The Kier molecular flexibility index (Phi) is 4.21. The van der Waals surface area contributed by atoms with Crippen LogP contribution >= 0.6 is 23.2 Å². The van der Waals surface area contributed by atoms with Gasteiger partial charge in [-0.1, -0.05) is 29.3 Å². The van der Waals surface area contributed by atoms with Crippen LogP contribution < -0.4 is 9.99 Å².